The number of hydrogen-bond acceptors (Lipinski definition) is 5. The first kappa shape index (κ1) is 16.8. The Balaban J connectivity index is 2.21. The number of hydrogen-bond donors (Lipinski definition) is 1. The van der Waals surface area contributed by atoms with E-state index in [4.69, 9.17) is 5.73 Å². The van der Waals surface area contributed by atoms with E-state index in [0.29, 0.717) is 23.4 Å². The average molecular weight is 323 g/mol. The van der Waals surface area contributed by atoms with Crippen molar-refractivity contribution < 1.29 is 9.72 Å². The second-order valence-corrected chi connectivity index (χ2v) is 6.73. The van der Waals surface area contributed by atoms with E-state index in [-0.39, 0.29) is 11.3 Å². The number of primary amides is 1. The van der Waals surface area contributed by atoms with Crippen molar-refractivity contribution in [1.29, 1.82) is 0 Å². The molecule has 0 aromatic heterocycles. The number of benzene rings is 1. The second kappa shape index (κ2) is 7.11. The molecule has 120 valence electrons. The number of rotatable bonds is 6. The van der Waals surface area contributed by atoms with E-state index in [1.165, 1.54) is 18.9 Å². The van der Waals surface area contributed by atoms with Crippen molar-refractivity contribution in [2.45, 2.75) is 37.1 Å². The van der Waals surface area contributed by atoms with Gasteiger partial charge in [-0.1, -0.05) is 12.5 Å². The smallest absolute Gasteiger partial charge is 0.274 e. The lowest BCUT2D eigenvalue weighted by molar-refractivity contribution is -0.385. The molecule has 0 bridgehead atoms. The number of nitrogens with zero attached hydrogens (tertiary/aromatic N) is 2. The van der Waals surface area contributed by atoms with E-state index in [1.807, 2.05) is 18.8 Å². The highest BCUT2D eigenvalue weighted by molar-refractivity contribution is 7.99. The van der Waals surface area contributed by atoms with Crippen LogP contribution in [0.4, 0.5) is 5.69 Å². The summed E-state index contributed by atoms with van der Waals surface area (Å²) in [7, 11) is 2.00. The van der Waals surface area contributed by atoms with Crippen molar-refractivity contribution in [3.05, 3.63) is 39.4 Å². The molecule has 0 spiro atoms. The molecule has 1 aromatic rings. The van der Waals surface area contributed by atoms with Crippen LogP contribution in [0.2, 0.25) is 0 Å². The van der Waals surface area contributed by atoms with E-state index in [9.17, 15) is 14.9 Å². The highest BCUT2D eigenvalue weighted by Gasteiger charge is 2.30. The van der Waals surface area contributed by atoms with Crippen LogP contribution in [0.15, 0.2) is 18.2 Å². The van der Waals surface area contributed by atoms with Crippen LogP contribution >= 0.6 is 11.8 Å². The van der Waals surface area contributed by atoms with Crippen LogP contribution in [-0.2, 0) is 6.54 Å². The van der Waals surface area contributed by atoms with Gasteiger partial charge in [-0.3, -0.25) is 19.8 Å². The molecule has 1 aromatic carbocycles. The fraction of sp³-hybridized carbons (Fsp3) is 0.533. The van der Waals surface area contributed by atoms with Crippen LogP contribution in [0.5, 0.6) is 0 Å². The summed E-state index contributed by atoms with van der Waals surface area (Å²) >= 11 is 1.86. The molecule has 0 unspecified atom stereocenters. The maximum Gasteiger partial charge on any atom is 0.274 e. The van der Waals surface area contributed by atoms with Gasteiger partial charge in [0.25, 0.3) is 5.69 Å². The molecule has 1 amide bonds. The molecule has 1 aliphatic carbocycles. The van der Waals surface area contributed by atoms with E-state index >= 15 is 0 Å². The summed E-state index contributed by atoms with van der Waals surface area (Å²) in [5.41, 5.74) is 5.94. The molecule has 1 saturated carbocycles. The third kappa shape index (κ3) is 3.59. The summed E-state index contributed by atoms with van der Waals surface area (Å²) in [6.45, 7) is 0.497. The Morgan fingerprint density at radius 3 is 2.82 bits per heavy atom. The normalized spacial score (nSPS) is 21.2. The molecule has 0 heterocycles. The molecular weight excluding hydrogens is 302 g/mol. The SMILES string of the molecule is CS[C@@H]1CCC[C@H]1N(C)Cc1ccc(C(N)=O)cc1[N+](=O)[O-]. The molecule has 7 heteroatoms. The molecule has 2 rings (SSSR count). The molecule has 0 radical (unpaired) electrons. The minimum atomic E-state index is -0.652. The molecule has 1 aliphatic rings. The molecule has 0 saturated heterocycles. The van der Waals surface area contributed by atoms with E-state index in [1.54, 1.807) is 12.1 Å². The number of carbonyl (C=O) groups is 1. The van der Waals surface area contributed by atoms with Crippen LogP contribution in [0.1, 0.15) is 35.2 Å². The van der Waals surface area contributed by atoms with Crippen molar-refractivity contribution in [3.63, 3.8) is 0 Å². The van der Waals surface area contributed by atoms with Gasteiger partial charge in [0.15, 0.2) is 0 Å². The summed E-state index contributed by atoms with van der Waals surface area (Å²) in [5, 5.41) is 11.8. The highest BCUT2D eigenvalue weighted by Crippen LogP contribution is 2.33. The van der Waals surface area contributed by atoms with Gasteiger partial charge in [0.1, 0.15) is 0 Å². The first-order valence-electron chi connectivity index (χ1n) is 7.24. The summed E-state index contributed by atoms with van der Waals surface area (Å²) < 4.78 is 0. The van der Waals surface area contributed by atoms with Gasteiger partial charge in [-0.25, -0.2) is 0 Å². The topological polar surface area (TPSA) is 89.5 Å². The van der Waals surface area contributed by atoms with Gasteiger partial charge in [0.05, 0.1) is 4.92 Å². The predicted molar refractivity (Wildman–Crippen MR) is 88.0 cm³/mol. The zero-order chi connectivity index (χ0) is 16.3. The van der Waals surface area contributed by atoms with Crippen molar-refractivity contribution in [2.75, 3.05) is 13.3 Å². The maximum absolute atomic E-state index is 11.3. The van der Waals surface area contributed by atoms with Gasteiger partial charge in [-0.15, -0.1) is 0 Å². The van der Waals surface area contributed by atoms with E-state index in [2.05, 4.69) is 11.2 Å². The molecule has 1 fully saturated rings. The standard InChI is InChI=1S/C15H21N3O3S/c1-17(12-4-3-5-14(12)22-2)9-11-7-6-10(15(16)19)8-13(11)18(20)21/h6-8,12,14H,3-5,9H2,1-2H3,(H2,16,19)/t12-,14-/m1/s1. The summed E-state index contributed by atoms with van der Waals surface area (Å²) in [5.74, 6) is -0.652. The van der Waals surface area contributed by atoms with Crippen LogP contribution in [0.25, 0.3) is 0 Å². The van der Waals surface area contributed by atoms with Crippen LogP contribution < -0.4 is 5.73 Å². The monoisotopic (exact) mass is 323 g/mol. The summed E-state index contributed by atoms with van der Waals surface area (Å²) in [4.78, 5) is 24.2. The minimum Gasteiger partial charge on any atom is -0.366 e. The largest absolute Gasteiger partial charge is 0.366 e. The van der Waals surface area contributed by atoms with Crippen LogP contribution in [0.3, 0.4) is 0 Å². The fourth-order valence-corrected chi connectivity index (χ4v) is 4.15. The Morgan fingerprint density at radius 1 is 1.50 bits per heavy atom. The van der Waals surface area contributed by atoms with E-state index < -0.39 is 10.8 Å². The lowest BCUT2D eigenvalue weighted by Crippen LogP contribution is -2.35. The Labute approximate surface area is 134 Å². The molecule has 2 N–H and O–H groups in total. The van der Waals surface area contributed by atoms with Gasteiger partial charge in [0, 0.05) is 35.0 Å². The Bertz CT molecular complexity index is 579. The van der Waals surface area contributed by atoms with Crippen molar-refractivity contribution in [2.24, 2.45) is 5.73 Å². The van der Waals surface area contributed by atoms with Crippen LogP contribution in [-0.4, -0.2) is 40.3 Å². The Hall–Kier alpha value is -1.60. The highest BCUT2D eigenvalue weighted by atomic mass is 32.2. The quantitative estimate of drug-likeness (QED) is 0.641. The van der Waals surface area contributed by atoms with Crippen LogP contribution in [0, 0.1) is 10.1 Å². The zero-order valence-electron chi connectivity index (χ0n) is 12.8. The molecule has 22 heavy (non-hydrogen) atoms. The van der Waals surface area contributed by atoms with Crippen molar-refractivity contribution >= 4 is 23.4 Å². The number of carbonyl (C=O) groups excluding carboxylic acids is 1. The number of amides is 1. The van der Waals surface area contributed by atoms with Crippen molar-refractivity contribution in [3.8, 4) is 0 Å². The predicted octanol–water partition coefficient (Wildman–Crippen LogP) is 2.41. The molecule has 2 atom stereocenters. The lowest BCUT2D eigenvalue weighted by Gasteiger charge is -2.28. The fourth-order valence-electron chi connectivity index (χ4n) is 3.09. The van der Waals surface area contributed by atoms with Gasteiger partial charge in [0.2, 0.25) is 5.91 Å². The third-order valence-electron chi connectivity index (χ3n) is 4.27. The number of nitro benzene ring substituents is 1. The maximum atomic E-state index is 11.3. The first-order valence-corrected chi connectivity index (χ1v) is 8.53. The zero-order valence-corrected chi connectivity index (χ0v) is 13.6. The molecular formula is C15H21N3O3S. The lowest BCUT2D eigenvalue weighted by atomic mass is 10.1. The molecule has 6 nitrogen and oxygen atoms in total. The first-order chi connectivity index (χ1) is 10.4. The average Bonchev–Trinajstić information content (AvgIpc) is 2.95. The summed E-state index contributed by atoms with van der Waals surface area (Å²) in [6, 6.07) is 4.90. The second-order valence-electron chi connectivity index (χ2n) is 5.65. The Kier molecular flexibility index (Phi) is 5.42. The molecule has 0 aliphatic heterocycles. The minimum absolute atomic E-state index is 0.0400. The number of nitro groups is 1. The summed E-state index contributed by atoms with van der Waals surface area (Å²) in [6.07, 6.45) is 5.62. The van der Waals surface area contributed by atoms with Gasteiger partial charge >= 0.3 is 0 Å². The van der Waals surface area contributed by atoms with Gasteiger partial charge < -0.3 is 5.73 Å². The van der Waals surface area contributed by atoms with Crippen molar-refractivity contribution in [1.82, 2.24) is 4.90 Å². The Morgan fingerprint density at radius 2 is 2.23 bits per heavy atom. The van der Waals surface area contributed by atoms with E-state index in [0.717, 1.165) is 6.42 Å². The number of thioether (sulfide) groups is 1. The number of nitrogens with two attached hydrogens (primary N) is 1. The van der Waals surface area contributed by atoms with Gasteiger partial charge in [-0.05, 0) is 32.2 Å². The third-order valence-corrected chi connectivity index (χ3v) is 5.43. The van der Waals surface area contributed by atoms with Gasteiger partial charge in [-0.2, -0.15) is 11.8 Å².